The lowest BCUT2D eigenvalue weighted by Crippen LogP contribution is -2.44. The van der Waals surface area contributed by atoms with Gasteiger partial charge in [0.1, 0.15) is 0 Å². The molecular weight excluding hydrogens is 292 g/mol. The fourth-order valence-corrected chi connectivity index (χ4v) is 3.42. The summed E-state index contributed by atoms with van der Waals surface area (Å²) >= 11 is 0. The summed E-state index contributed by atoms with van der Waals surface area (Å²) in [7, 11) is 5.04. The Kier molecular flexibility index (Phi) is 11.1. The molecule has 0 radical (unpaired) electrons. The minimum Gasteiger partial charge on any atom is -0.373 e. The van der Waals surface area contributed by atoms with Gasteiger partial charge in [0.2, 0.25) is 0 Å². The predicted molar refractivity (Wildman–Crippen MR) is 93.4 cm³/mol. The van der Waals surface area contributed by atoms with E-state index in [2.05, 4.69) is 6.92 Å². The third-order valence-electron chi connectivity index (χ3n) is 4.99. The first-order valence-electron chi connectivity index (χ1n) is 9.49. The van der Waals surface area contributed by atoms with E-state index in [0.717, 1.165) is 19.4 Å². The zero-order valence-electron chi connectivity index (χ0n) is 15.8. The summed E-state index contributed by atoms with van der Waals surface area (Å²) < 4.78 is 22.1. The molecule has 0 aromatic carbocycles. The summed E-state index contributed by atoms with van der Waals surface area (Å²) in [4.78, 5) is 0. The second-order valence-corrected chi connectivity index (χ2v) is 6.71. The first-order chi connectivity index (χ1) is 11.2. The number of hydrogen-bond acceptors (Lipinski definition) is 4. The monoisotopic (exact) mass is 330 g/mol. The molecule has 4 heteroatoms. The molecule has 1 aliphatic rings. The van der Waals surface area contributed by atoms with Gasteiger partial charge in [-0.25, -0.2) is 0 Å². The van der Waals surface area contributed by atoms with Gasteiger partial charge in [-0.3, -0.25) is 0 Å². The molecule has 0 spiro atoms. The fourth-order valence-electron chi connectivity index (χ4n) is 3.42. The van der Waals surface area contributed by atoms with Gasteiger partial charge in [-0.2, -0.15) is 0 Å². The number of unbranched alkanes of at least 4 members (excludes halogenated alkanes) is 6. The van der Waals surface area contributed by atoms with Crippen LogP contribution in [0.5, 0.6) is 0 Å². The number of ether oxygens (including phenoxy) is 4. The van der Waals surface area contributed by atoms with Gasteiger partial charge in [-0.15, -0.1) is 0 Å². The van der Waals surface area contributed by atoms with E-state index in [1.165, 1.54) is 57.8 Å². The largest absolute Gasteiger partial charge is 0.373 e. The van der Waals surface area contributed by atoms with E-state index in [9.17, 15) is 0 Å². The molecular formula is C19H38O4. The zero-order valence-corrected chi connectivity index (χ0v) is 15.8. The third kappa shape index (κ3) is 7.97. The molecule has 1 rings (SSSR count). The standard InChI is InChI=1S/C19H38O4/c1-5-6-7-8-9-10-13-17(19(20-2,21-3)22-4)14-11-12-15-18-16-23-18/h17-18H,5-16H2,1-4H3. The lowest BCUT2D eigenvalue weighted by Gasteiger charge is -2.36. The Balaban J connectivity index is 2.35. The number of methoxy groups -OCH3 is 3. The van der Waals surface area contributed by atoms with Crippen LogP contribution in [0.1, 0.15) is 77.6 Å². The first kappa shape index (κ1) is 20.9. The Hall–Kier alpha value is -0.160. The van der Waals surface area contributed by atoms with Crippen LogP contribution in [0.15, 0.2) is 0 Å². The highest BCUT2D eigenvalue weighted by Gasteiger charge is 2.39. The van der Waals surface area contributed by atoms with Crippen LogP contribution >= 0.6 is 0 Å². The highest BCUT2D eigenvalue weighted by atomic mass is 16.9. The summed E-state index contributed by atoms with van der Waals surface area (Å²) in [5.41, 5.74) is 0. The summed E-state index contributed by atoms with van der Waals surface area (Å²) in [5.74, 6) is -0.603. The van der Waals surface area contributed by atoms with Gasteiger partial charge in [0.05, 0.1) is 12.7 Å². The summed E-state index contributed by atoms with van der Waals surface area (Å²) in [6.07, 6.45) is 14.1. The molecule has 0 aromatic heterocycles. The Labute approximate surface area is 143 Å². The van der Waals surface area contributed by atoms with E-state index >= 15 is 0 Å². The SMILES string of the molecule is CCCCCCCCC(CCCCC1CO1)C(OC)(OC)OC. The Bertz CT molecular complexity index is 266. The van der Waals surface area contributed by atoms with Gasteiger partial charge in [0, 0.05) is 27.2 Å². The minimum absolute atomic E-state index is 0.286. The molecule has 1 fully saturated rings. The van der Waals surface area contributed by atoms with Crippen molar-refractivity contribution < 1.29 is 18.9 Å². The molecule has 2 unspecified atom stereocenters. The van der Waals surface area contributed by atoms with Crippen molar-refractivity contribution in [3.63, 3.8) is 0 Å². The molecule has 4 nitrogen and oxygen atoms in total. The maximum absolute atomic E-state index is 5.62. The van der Waals surface area contributed by atoms with Crippen molar-refractivity contribution in [2.75, 3.05) is 27.9 Å². The summed E-state index contributed by atoms with van der Waals surface area (Å²) in [6, 6.07) is 0. The molecule has 0 aromatic rings. The van der Waals surface area contributed by atoms with Gasteiger partial charge >= 0.3 is 0 Å². The van der Waals surface area contributed by atoms with Gasteiger partial charge in [-0.05, 0) is 19.3 Å². The van der Waals surface area contributed by atoms with E-state index < -0.39 is 5.97 Å². The molecule has 0 amide bonds. The normalized spacial score (nSPS) is 19.0. The van der Waals surface area contributed by atoms with Crippen LogP contribution < -0.4 is 0 Å². The minimum atomic E-state index is -0.889. The fraction of sp³-hybridized carbons (Fsp3) is 1.00. The molecule has 2 atom stereocenters. The molecule has 0 bridgehead atoms. The van der Waals surface area contributed by atoms with Crippen LogP contribution in [0.3, 0.4) is 0 Å². The number of hydrogen-bond donors (Lipinski definition) is 0. The average molecular weight is 331 g/mol. The van der Waals surface area contributed by atoms with Crippen molar-refractivity contribution >= 4 is 0 Å². The highest BCUT2D eigenvalue weighted by Crippen LogP contribution is 2.33. The quantitative estimate of drug-likeness (QED) is 0.229. The van der Waals surface area contributed by atoms with Gasteiger partial charge in [0.15, 0.2) is 0 Å². The lowest BCUT2D eigenvalue weighted by molar-refractivity contribution is -0.380. The van der Waals surface area contributed by atoms with Gasteiger partial charge < -0.3 is 18.9 Å². The average Bonchev–Trinajstić information content (AvgIpc) is 3.40. The van der Waals surface area contributed by atoms with E-state index in [1.54, 1.807) is 21.3 Å². The van der Waals surface area contributed by atoms with Crippen molar-refractivity contribution in [1.29, 1.82) is 0 Å². The maximum Gasteiger partial charge on any atom is 0.285 e. The third-order valence-corrected chi connectivity index (χ3v) is 4.99. The van der Waals surface area contributed by atoms with E-state index in [-0.39, 0.29) is 5.92 Å². The molecule has 1 heterocycles. The second kappa shape index (κ2) is 12.2. The van der Waals surface area contributed by atoms with Crippen LogP contribution in [0.4, 0.5) is 0 Å². The van der Waals surface area contributed by atoms with E-state index in [4.69, 9.17) is 18.9 Å². The smallest absolute Gasteiger partial charge is 0.285 e. The molecule has 23 heavy (non-hydrogen) atoms. The topological polar surface area (TPSA) is 40.2 Å². The van der Waals surface area contributed by atoms with Crippen molar-refractivity contribution in [2.24, 2.45) is 5.92 Å². The maximum atomic E-state index is 5.62. The van der Waals surface area contributed by atoms with Crippen molar-refractivity contribution in [2.45, 2.75) is 89.6 Å². The van der Waals surface area contributed by atoms with Crippen molar-refractivity contribution in [3.8, 4) is 0 Å². The predicted octanol–water partition coefficient (Wildman–Crippen LogP) is 4.91. The van der Waals surface area contributed by atoms with Gasteiger partial charge in [-0.1, -0.05) is 58.3 Å². The van der Waals surface area contributed by atoms with Crippen LogP contribution in [0.25, 0.3) is 0 Å². The molecule has 0 aliphatic carbocycles. The van der Waals surface area contributed by atoms with Crippen LogP contribution in [-0.4, -0.2) is 40.0 Å². The van der Waals surface area contributed by atoms with Crippen molar-refractivity contribution in [1.82, 2.24) is 0 Å². The molecule has 0 N–H and O–H groups in total. The Morgan fingerprint density at radius 2 is 1.39 bits per heavy atom. The summed E-state index contributed by atoms with van der Waals surface area (Å²) in [5, 5.41) is 0. The number of rotatable bonds is 16. The van der Waals surface area contributed by atoms with Crippen LogP contribution in [0, 0.1) is 5.92 Å². The molecule has 1 aliphatic heterocycles. The molecule has 0 saturated carbocycles. The summed E-state index contributed by atoms with van der Waals surface area (Å²) in [6.45, 7) is 3.21. The number of epoxide rings is 1. The second-order valence-electron chi connectivity index (χ2n) is 6.71. The molecule has 1 saturated heterocycles. The van der Waals surface area contributed by atoms with Crippen molar-refractivity contribution in [3.05, 3.63) is 0 Å². The van der Waals surface area contributed by atoms with E-state index in [0.29, 0.717) is 6.10 Å². The Morgan fingerprint density at radius 3 is 1.91 bits per heavy atom. The van der Waals surface area contributed by atoms with Gasteiger partial charge in [0.25, 0.3) is 5.97 Å². The zero-order chi connectivity index (χ0) is 17.0. The molecule has 138 valence electrons. The van der Waals surface area contributed by atoms with E-state index in [1.807, 2.05) is 0 Å². The lowest BCUT2D eigenvalue weighted by atomic mass is 9.92. The van der Waals surface area contributed by atoms with Crippen LogP contribution in [0.2, 0.25) is 0 Å². The Morgan fingerprint density at radius 1 is 0.870 bits per heavy atom. The first-order valence-corrected chi connectivity index (χ1v) is 9.49. The van der Waals surface area contributed by atoms with Crippen LogP contribution in [-0.2, 0) is 18.9 Å². The highest BCUT2D eigenvalue weighted by molar-refractivity contribution is 4.73.